The first kappa shape index (κ1) is 15.4. The van der Waals surface area contributed by atoms with Crippen molar-refractivity contribution in [2.24, 2.45) is 0 Å². The van der Waals surface area contributed by atoms with Crippen LogP contribution in [0.5, 0.6) is 0 Å². The lowest BCUT2D eigenvalue weighted by atomic mass is 10.1. The van der Waals surface area contributed by atoms with Crippen molar-refractivity contribution in [2.75, 3.05) is 53.6 Å². The predicted octanol–water partition coefficient (Wildman–Crippen LogP) is -0.942. The number of likely N-dealkylation sites (N-methyl/N-ethyl adjacent to an activating group) is 1. The van der Waals surface area contributed by atoms with Gasteiger partial charge in [0.15, 0.2) is 0 Å². The highest BCUT2D eigenvalue weighted by atomic mass is 16.5. The summed E-state index contributed by atoms with van der Waals surface area (Å²) < 4.78 is 10.4. The molecule has 1 amide bonds. The molecule has 6 nitrogen and oxygen atoms in total. The number of nitrogens with zero attached hydrogens (tertiary/aromatic N) is 1. The van der Waals surface area contributed by atoms with Gasteiger partial charge in [0.25, 0.3) is 0 Å². The van der Waals surface area contributed by atoms with E-state index in [1.165, 1.54) is 0 Å². The van der Waals surface area contributed by atoms with Crippen LogP contribution in [0.1, 0.15) is 6.92 Å². The zero-order valence-electron chi connectivity index (χ0n) is 11.6. The van der Waals surface area contributed by atoms with Gasteiger partial charge in [-0.15, -0.1) is 0 Å². The maximum absolute atomic E-state index is 11.9. The highest BCUT2D eigenvalue weighted by Gasteiger charge is 2.27. The van der Waals surface area contributed by atoms with Crippen molar-refractivity contribution in [3.63, 3.8) is 0 Å². The fourth-order valence-electron chi connectivity index (χ4n) is 1.87. The first-order valence-electron chi connectivity index (χ1n) is 6.45. The van der Waals surface area contributed by atoms with E-state index in [4.69, 9.17) is 9.47 Å². The van der Waals surface area contributed by atoms with Gasteiger partial charge in [0.2, 0.25) is 5.91 Å². The molecule has 0 aliphatic carbocycles. The van der Waals surface area contributed by atoms with E-state index in [0.29, 0.717) is 19.8 Å². The molecule has 0 aromatic carbocycles. The molecule has 1 heterocycles. The summed E-state index contributed by atoms with van der Waals surface area (Å²) in [6, 6.07) is -0.233. The van der Waals surface area contributed by atoms with Crippen molar-refractivity contribution in [3.8, 4) is 0 Å². The van der Waals surface area contributed by atoms with E-state index in [1.807, 2.05) is 14.0 Å². The molecule has 1 rings (SSSR count). The molecule has 18 heavy (non-hydrogen) atoms. The summed E-state index contributed by atoms with van der Waals surface area (Å²) in [6.07, 6.45) is -0.0648. The molecule has 2 N–H and O–H groups in total. The zero-order chi connectivity index (χ0) is 13.4. The molecule has 0 aromatic heterocycles. The molecule has 1 saturated heterocycles. The molecule has 1 aliphatic rings. The third kappa shape index (κ3) is 5.30. The van der Waals surface area contributed by atoms with Crippen molar-refractivity contribution in [1.29, 1.82) is 0 Å². The molecule has 0 bridgehead atoms. The molecule has 0 spiro atoms. The Bertz CT molecular complexity index is 251. The van der Waals surface area contributed by atoms with Gasteiger partial charge in [0, 0.05) is 33.3 Å². The third-order valence-electron chi connectivity index (χ3n) is 3.07. The normalized spacial score (nSPS) is 24.2. The number of rotatable bonds is 7. The van der Waals surface area contributed by atoms with Crippen LogP contribution in [-0.4, -0.2) is 76.5 Å². The summed E-state index contributed by atoms with van der Waals surface area (Å²) in [7, 11) is 3.70. The Hall–Kier alpha value is -0.690. The molecular formula is C12H25N3O3. The van der Waals surface area contributed by atoms with Crippen molar-refractivity contribution in [1.82, 2.24) is 15.5 Å². The minimum atomic E-state index is -0.233. The van der Waals surface area contributed by atoms with E-state index < -0.39 is 0 Å². The summed E-state index contributed by atoms with van der Waals surface area (Å²) in [5.74, 6) is 0.0161. The second-order valence-corrected chi connectivity index (χ2v) is 4.59. The SMILES string of the molecule is COCCN(C)CCNC(=O)[C@H]1NCCO[C@@H]1C. The van der Waals surface area contributed by atoms with Gasteiger partial charge in [-0.2, -0.15) is 0 Å². The fraction of sp³-hybridized carbons (Fsp3) is 0.917. The number of hydrogen-bond donors (Lipinski definition) is 2. The Balaban J connectivity index is 2.16. The van der Waals surface area contributed by atoms with E-state index >= 15 is 0 Å². The first-order chi connectivity index (χ1) is 8.65. The number of morpholine rings is 1. The summed E-state index contributed by atoms with van der Waals surface area (Å²) in [5.41, 5.74) is 0. The van der Waals surface area contributed by atoms with Crippen LogP contribution in [0, 0.1) is 0 Å². The van der Waals surface area contributed by atoms with Crippen LogP contribution in [0.4, 0.5) is 0 Å². The van der Waals surface area contributed by atoms with Crippen molar-refractivity contribution in [3.05, 3.63) is 0 Å². The fourth-order valence-corrected chi connectivity index (χ4v) is 1.87. The van der Waals surface area contributed by atoms with E-state index in [-0.39, 0.29) is 18.1 Å². The van der Waals surface area contributed by atoms with Gasteiger partial charge in [0.1, 0.15) is 6.04 Å². The van der Waals surface area contributed by atoms with Gasteiger partial charge >= 0.3 is 0 Å². The van der Waals surface area contributed by atoms with Crippen LogP contribution in [0.2, 0.25) is 0 Å². The Morgan fingerprint density at radius 1 is 1.56 bits per heavy atom. The lowest BCUT2D eigenvalue weighted by Gasteiger charge is -2.29. The Kier molecular flexibility index (Phi) is 7.19. The number of ether oxygens (including phenoxy) is 2. The lowest BCUT2D eigenvalue weighted by molar-refractivity contribution is -0.128. The van der Waals surface area contributed by atoms with Crippen LogP contribution in [0.3, 0.4) is 0 Å². The van der Waals surface area contributed by atoms with Gasteiger partial charge < -0.3 is 25.0 Å². The number of carbonyl (C=O) groups excluding carboxylic acids is 1. The van der Waals surface area contributed by atoms with Crippen LogP contribution in [0.25, 0.3) is 0 Å². The van der Waals surface area contributed by atoms with Crippen molar-refractivity contribution >= 4 is 5.91 Å². The topological polar surface area (TPSA) is 62.8 Å². The molecule has 6 heteroatoms. The number of amides is 1. The molecule has 0 saturated carbocycles. The molecule has 2 atom stereocenters. The molecule has 0 aromatic rings. The van der Waals surface area contributed by atoms with Gasteiger partial charge in [-0.25, -0.2) is 0 Å². The molecule has 106 valence electrons. The van der Waals surface area contributed by atoms with E-state index in [0.717, 1.165) is 19.6 Å². The van der Waals surface area contributed by atoms with Gasteiger partial charge in [-0.05, 0) is 14.0 Å². The predicted molar refractivity (Wildman–Crippen MR) is 69.6 cm³/mol. The lowest BCUT2D eigenvalue weighted by Crippen LogP contribution is -2.56. The van der Waals surface area contributed by atoms with Crippen LogP contribution >= 0.6 is 0 Å². The standard InChI is InChI=1S/C12H25N3O3/c1-10-11(13-5-8-18-10)12(16)14-4-6-15(2)7-9-17-3/h10-11,13H,4-9H2,1-3H3,(H,14,16)/t10-,11+/m1/s1. The number of methoxy groups -OCH3 is 1. The van der Waals surface area contributed by atoms with Gasteiger partial charge in [-0.1, -0.05) is 0 Å². The highest BCUT2D eigenvalue weighted by Crippen LogP contribution is 2.03. The minimum Gasteiger partial charge on any atom is -0.383 e. The summed E-state index contributed by atoms with van der Waals surface area (Å²) in [6.45, 7) is 6.36. The van der Waals surface area contributed by atoms with Crippen LogP contribution in [-0.2, 0) is 14.3 Å². The smallest absolute Gasteiger partial charge is 0.239 e. The van der Waals surface area contributed by atoms with Crippen molar-refractivity contribution < 1.29 is 14.3 Å². The van der Waals surface area contributed by atoms with Crippen LogP contribution < -0.4 is 10.6 Å². The maximum Gasteiger partial charge on any atom is 0.239 e. The first-order valence-corrected chi connectivity index (χ1v) is 6.45. The maximum atomic E-state index is 11.9. The summed E-state index contributed by atoms with van der Waals surface area (Å²) >= 11 is 0. The van der Waals surface area contributed by atoms with Gasteiger partial charge in [0.05, 0.1) is 19.3 Å². The van der Waals surface area contributed by atoms with E-state index in [9.17, 15) is 4.79 Å². The average Bonchev–Trinajstić information content (AvgIpc) is 2.36. The second kappa shape index (κ2) is 8.42. The Morgan fingerprint density at radius 3 is 3.00 bits per heavy atom. The summed E-state index contributed by atoms with van der Waals surface area (Å²) in [4.78, 5) is 14.0. The monoisotopic (exact) mass is 259 g/mol. The quantitative estimate of drug-likeness (QED) is 0.618. The third-order valence-corrected chi connectivity index (χ3v) is 3.07. The Labute approximate surface area is 109 Å². The number of nitrogens with one attached hydrogen (secondary N) is 2. The minimum absolute atomic E-state index is 0.0161. The second-order valence-electron chi connectivity index (χ2n) is 4.59. The molecule has 0 unspecified atom stereocenters. The van der Waals surface area contributed by atoms with Gasteiger partial charge in [-0.3, -0.25) is 4.79 Å². The van der Waals surface area contributed by atoms with Crippen molar-refractivity contribution in [2.45, 2.75) is 19.1 Å². The van der Waals surface area contributed by atoms with E-state index in [1.54, 1.807) is 7.11 Å². The highest BCUT2D eigenvalue weighted by molar-refractivity contribution is 5.82. The average molecular weight is 259 g/mol. The molecular weight excluding hydrogens is 234 g/mol. The largest absolute Gasteiger partial charge is 0.383 e. The molecule has 1 fully saturated rings. The number of hydrogen-bond acceptors (Lipinski definition) is 5. The molecule has 1 aliphatic heterocycles. The van der Waals surface area contributed by atoms with Crippen LogP contribution in [0.15, 0.2) is 0 Å². The Morgan fingerprint density at radius 2 is 2.33 bits per heavy atom. The zero-order valence-corrected chi connectivity index (χ0v) is 11.6. The summed E-state index contributed by atoms with van der Waals surface area (Å²) in [5, 5.41) is 6.10. The molecule has 0 radical (unpaired) electrons. The van der Waals surface area contributed by atoms with E-state index in [2.05, 4.69) is 15.5 Å². The number of carbonyl (C=O) groups is 1.